The summed E-state index contributed by atoms with van der Waals surface area (Å²) in [7, 11) is 0. The van der Waals surface area contributed by atoms with Crippen LogP contribution < -0.4 is 0 Å². The van der Waals surface area contributed by atoms with Gasteiger partial charge in [0.15, 0.2) is 0 Å². The lowest BCUT2D eigenvalue weighted by Gasteiger charge is -2.27. The van der Waals surface area contributed by atoms with Crippen LogP contribution in [0, 0.1) is 18.8 Å². The van der Waals surface area contributed by atoms with Crippen molar-refractivity contribution < 1.29 is 27.9 Å². The normalized spacial score (nSPS) is 17.8. The van der Waals surface area contributed by atoms with Crippen LogP contribution in [-0.4, -0.2) is 49.5 Å². The highest BCUT2D eigenvalue weighted by Crippen LogP contribution is 2.28. The second-order valence-electron chi connectivity index (χ2n) is 12.8. The smallest absolute Gasteiger partial charge is 0.249 e. The topological polar surface area (TPSA) is 63.7 Å². The molecule has 2 fully saturated rings. The van der Waals surface area contributed by atoms with Gasteiger partial charge in [-0.2, -0.15) is 0 Å². The highest BCUT2D eigenvalue weighted by molar-refractivity contribution is 5.76. The number of alkyl halides is 2. The molecule has 2 aliphatic carbocycles. The van der Waals surface area contributed by atoms with E-state index in [4.69, 9.17) is 14.3 Å². The summed E-state index contributed by atoms with van der Waals surface area (Å²) in [6.07, 6.45) is 19.4. The number of aryl methyl sites for hydroxylation is 1. The van der Waals surface area contributed by atoms with Gasteiger partial charge in [0, 0.05) is 25.9 Å². The standard InChI is InChI=1S/C15H24O.C13H25NO.C10H12F2.2CH2O/c1-5-6-13(3)11-14(4)16-15-9-7-12(2)8-10-15;1-3-9-14(10-4-2)13(15)11-12-7-5-6-8-12;1-8-3-5-9(6-4-8)7-10(2,11)12;2*1-2/h5-6,11-12,15H,4,7-10H2,1-3H3;12H,3-11H2,1-2H3;3-6H,7H2,1-2H3;2*1H2/b6-5-,13-11-;;;;. The third-order valence-electron chi connectivity index (χ3n) is 8.01. The maximum atomic E-state index is 12.5. The fourth-order valence-electron chi connectivity index (χ4n) is 5.72. The van der Waals surface area contributed by atoms with Crippen molar-refractivity contribution in [3.8, 4) is 0 Å². The van der Waals surface area contributed by atoms with E-state index in [0.717, 1.165) is 56.5 Å². The van der Waals surface area contributed by atoms with Crippen LogP contribution in [0.4, 0.5) is 8.78 Å². The summed E-state index contributed by atoms with van der Waals surface area (Å²) in [4.78, 5) is 30.1. The zero-order valence-corrected chi connectivity index (χ0v) is 30.6. The molecule has 3 rings (SSSR count). The summed E-state index contributed by atoms with van der Waals surface area (Å²) >= 11 is 0. The van der Waals surface area contributed by atoms with Crippen LogP contribution in [0.3, 0.4) is 0 Å². The third kappa shape index (κ3) is 24.7. The van der Waals surface area contributed by atoms with Crippen molar-refractivity contribution in [2.75, 3.05) is 13.1 Å². The first kappa shape index (κ1) is 46.0. The molecular weight excluding hydrogens is 596 g/mol. The molecule has 1 aromatic carbocycles. The molecule has 0 aliphatic heterocycles. The van der Waals surface area contributed by atoms with E-state index in [1.165, 1.54) is 56.9 Å². The molecule has 0 heterocycles. The summed E-state index contributed by atoms with van der Waals surface area (Å²) in [6.45, 7) is 23.4. The van der Waals surface area contributed by atoms with Gasteiger partial charge in [0.25, 0.3) is 0 Å². The van der Waals surface area contributed by atoms with Gasteiger partial charge in [-0.1, -0.05) is 82.2 Å². The lowest BCUT2D eigenvalue weighted by Crippen LogP contribution is -2.33. The first-order chi connectivity index (χ1) is 22.4. The van der Waals surface area contributed by atoms with E-state index >= 15 is 0 Å². The largest absolute Gasteiger partial charge is 0.491 e. The van der Waals surface area contributed by atoms with E-state index in [2.05, 4.69) is 45.2 Å². The van der Waals surface area contributed by atoms with Crippen LogP contribution >= 0.6 is 0 Å². The van der Waals surface area contributed by atoms with Gasteiger partial charge < -0.3 is 19.2 Å². The van der Waals surface area contributed by atoms with Crippen LogP contribution in [0.5, 0.6) is 0 Å². The van der Waals surface area contributed by atoms with Gasteiger partial charge >= 0.3 is 0 Å². The quantitative estimate of drug-likeness (QED) is 0.165. The van der Waals surface area contributed by atoms with Crippen LogP contribution in [0.2, 0.25) is 0 Å². The SMILES string of the molecule is C=C(/C=C(C)\C=C/C)OC1CCC(C)CC1.C=O.C=O.CCCN(CCC)C(=O)CC1CCCC1.Cc1ccc(CC(C)(F)F)cc1. The Bertz CT molecular complexity index is 994. The lowest BCUT2D eigenvalue weighted by molar-refractivity contribution is -0.132. The van der Waals surface area contributed by atoms with Gasteiger partial charge in [0.05, 0.1) is 6.10 Å². The molecule has 0 N–H and O–H groups in total. The molecule has 2 saturated carbocycles. The molecule has 0 atom stereocenters. The molecule has 1 amide bonds. The number of ether oxygens (including phenoxy) is 1. The minimum absolute atomic E-state index is 0.173. The zero-order chi connectivity index (χ0) is 36.3. The number of nitrogens with zero attached hydrogens (tertiary/aromatic N) is 1. The van der Waals surface area contributed by atoms with Crippen molar-refractivity contribution in [3.05, 3.63) is 71.5 Å². The second kappa shape index (κ2) is 28.0. The summed E-state index contributed by atoms with van der Waals surface area (Å²) in [5.41, 5.74) is 2.97. The van der Waals surface area contributed by atoms with Crippen molar-refractivity contribution in [1.29, 1.82) is 0 Å². The first-order valence-corrected chi connectivity index (χ1v) is 17.3. The van der Waals surface area contributed by atoms with Crippen molar-refractivity contribution in [2.45, 2.75) is 138 Å². The summed E-state index contributed by atoms with van der Waals surface area (Å²) in [5, 5.41) is 0. The van der Waals surface area contributed by atoms with Gasteiger partial charge in [-0.15, -0.1) is 0 Å². The van der Waals surface area contributed by atoms with E-state index in [1.807, 2.05) is 51.7 Å². The number of amides is 1. The first-order valence-electron chi connectivity index (χ1n) is 17.3. The third-order valence-corrected chi connectivity index (χ3v) is 8.01. The van der Waals surface area contributed by atoms with Gasteiger partial charge in [-0.3, -0.25) is 4.79 Å². The monoisotopic (exact) mass is 661 g/mol. The predicted molar refractivity (Wildman–Crippen MR) is 194 cm³/mol. The van der Waals surface area contributed by atoms with Crippen LogP contribution in [0.25, 0.3) is 0 Å². The summed E-state index contributed by atoms with van der Waals surface area (Å²) in [5.74, 6) is 0.151. The van der Waals surface area contributed by atoms with E-state index in [0.29, 0.717) is 23.5 Å². The van der Waals surface area contributed by atoms with E-state index in [-0.39, 0.29) is 6.42 Å². The Hall–Kier alpha value is -3.09. The number of allylic oxidation sites excluding steroid dienone is 4. The number of carbonyl (C=O) groups excluding carboxylic acids is 3. The minimum Gasteiger partial charge on any atom is -0.491 e. The number of carbonyl (C=O) groups is 3. The number of halogens is 2. The van der Waals surface area contributed by atoms with Crippen molar-refractivity contribution in [3.63, 3.8) is 0 Å². The van der Waals surface area contributed by atoms with Crippen molar-refractivity contribution >= 4 is 19.5 Å². The lowest BCUT2D eigenvalue weighted by atomic mass is 9.89. The molecule has 1 aromatic rings. The van der Waals surface area contributed by atoms with E-state index in [1.54, 1.807) is 12.1 Å². The number of benzene rings is 1. The zero-order valence-electron chi connectivity index (χ0n) is 30.6. The average Bonchev–Trinajstić information content (AvgIpc) is 3.54. The highest BCUT2D eigenvalue weighted by atomic mass is 19.3. The molecule has 0 radical (unpaired) electrons. The van der Waals surface area contributed by atoms with E-state index < -0.39 is 5.92 Å². The Kier molecular flexibility index (Phi) is 27.4. The van der Waals surface area contributed by atoms with Crippen LogP contribution in [0.1, 0.15) is 123 Å². The van der Waals surface area contributed by atoms with Crippen molar-refractivity contribution in [1.82, 2.24) is 4.90 Å². The van der Waals surface area contributed by atoms with E-state index in [9.17, 15) is 13.6 Å². The highest BCUT2D eigenvalue weighted by Gasteiger charge is 2.22. The summed E-state index contributed by atoms with van der Waals surface area (Å²) < 4.78 is 30.9. The van der Waals surface area contributed by atoms with Gasteiger partial charge in [-0.25, -0.2) is 8.78 Å². The molecule has 0 spiro atoms. The molecule has 0 unspecified atom stereocenters. The average molecular weight is 662 g/mol. The molecular formula is C40H65F2NO4. The van der Waals surface area contributed by atoms with Gasteiger partial charge in [-0.05, 0) is 108 Å². The Labute approximate surface area is 285 Å². The van der Waals surface area contributed by atoms with Crippen LogP contribution in [-0.2, 0) is 25.5 Å². The number of hydrogen-bond acceptors (Lipinski definition) is 4. The molecule has 0 saturated heterocycles. The van der Waals surface area contributed by atoms with Crippen LogP contribution in [0.15, 0.2) is 60.4 Å². The molecule has 2 aliphatic rings. The molecule has 47 heavy (non-hydrogen) atoms. The Morgan fingerprint density at radius 1 is 0.957 bits per heavy atom. The van der Waals surface area contributed by atoms with Gasteiger partial charge in [0.2, 0.25) is 11.8 Å². The maximum Gasteiger partial charge on any atom is 0.249 e. The molecule has 5 nitrogen and oxygen atoms in total. The van der Waals surface area contributed by atoms with Gasteiger partial charge in [0.1, 0.15) is 19.3 Å². The fraction of sp³-hybridized carbons (Fsp3) is 0.625. The Balaban J connectivity index is 0. The minimum atomic E-state index is -2.60. The molecule has 0 bridgehead atoms. The van der Waals surface area contributed by atoms with Crippen molar-refractivity contribution in [2.24, 2.45) is 11.8 Å². The maximum absolute atomic E-state index is 12.5. The second-order valence-corrected chi connectivity index (χ2v) is 12.8. The number of hydrogen-bond donors (Lipinski definition) is 0. The molecule has 7 heteroatoms. The number of rotatable bonds is 12. The Morgan fingerprint density at radius 3 is 1.91 bits per heavy atom. The molecule has 0 aromatic heterocycles. The molecule has 268 valence electrons. The predicted octanol–water partition coefficient (Wildman–Crippen LogP) is 10.7. The summed E-state index contributed by atoms with van der Waals surface area (Å²) in [6, 6.07) is 7.18. The fourth-order valence-corrected chi connectivity index (χ4v) is 5.72. The Morgan fingerprint density at radius 2 is 1.47 bits per heavy atom.